The molecule has 1 aliphatic rings. The second-order valence-electron chi connectivity index (χ2n) is 6.37. The maximum atomic E-state index is 10.7. The second-order valence-corrected chi connectivity index (χ2v) is 6.80. The zero-order valence-electron chi connectivity index (χ0n) is 14.1. The molecule has 0 saturated carbocycles. The number of aliphatic carboxylic acids is 1. The molecular formula is C19H22ClN3O2. The van der Waals surface area contributed by atoms with Crippen LogP contribution in [0, 0.1) is 0 Å². The van der Waals surface area contributed by atoms with E-state index in [1.807, 2.05) is 30.6 Å². The van der Waals surface area contributed by atoms with Crippen molar-refractivity contribution < 1.29 is 9.90 Å². The highest BCUT2D eigenvalue weighted by molar-refractivity contribution is 6.30. The third-order valence-electron chi connectivity index (χ3n) is 4.50. The quantitative estimate of drug-likeness (QED) is 0.837. The lowest BCUT2D eigenvalue weighted by molar-refractivity contribution is -0.137. The molecule has 0 bridgehead atoms. The number of nitrogens with zero attached hydrogens (tertiary/aromatic N) is 3. The van der Waals surface area contributed by atoms with Crippen LogP contribution in [0.3, 0.4) is 0 Å². The van der Waals surface area contributed by atoms with E-state index in [2.05, 4.69) is 14.9 Å². The summed E-state index contributed by atoms with van der Waals surface area (Å²) in [5.74, 6) is 0.00244. The zero-order valence-corrected chi connectivity index (χ0v) is 14.9. The molecule has 1 saturated heterocycles. The van der Waals surface area contributed by atoms with Gasteiger partial charge in [0.15, 0.2) is 0 Å². The fraction of sp³-hybridized carbons (Fsp3) is 0.421. The third kappa shape index (κ3) is 4.69. The number of anilines is 1. The maximum absolute atomic E-state index is 10.7. The Morgan fingerprint density at radius 3 is 2.56 bits per heavy atom. The van der Waals surface area contributed by atoms with Gasteiger partial charge in [0.2, 0.25) is 5.95 Å². The van der Waals surface area contributed by atoms with E-state index in [0.29, 0.717) is 17.9 Å². The molecular weight excluding hydrogens is 338 g/mol. The van der Waals surface area contributed by atoms with Gasteiger partial charge in [0, 0.05) is 42.5 Å². The maximum Gasteiger partial charge on any atom is 0.303 e. The molecule has 0 atom stereocenters. The predicted octanol–water partition coefficient (Wildman–Crippen LogP) is 4.19. The summed E-state index contributed by atoms with van der Waals surface area (Å²) in [6.07, 6.45) is 8.76. The SMILES string of the molecule is O=C(O)CCCc1ccc(Cl)cc1-c1cnc(N2CCCCC2)nc1. The normalized spacial score (nSPS) is 14.5. The number of benzene rings is 1. The highest BCUT2D eigenvalue weighted by Crippen LogP contribution is 2.28. The highest BCUT2D eigenvalue weighted by Gasteiger charge is 2.14. The number of carboxylic acids is 1. The van der Waals surface area contributed by atoms with E-state index in [9.17, 15) is 4.79 Å². The summed E-state index contributed by atoms with van der Waals surface area (Å²) < 4.78 is 0. The molecule has 1 fully saturated rings. The minimum Gasteiger partial charge on any atom is -0.481 e. The molecule has 1 N–H and O–H groups in total. The topological polar surface area (TPSA) is 66.3 Å². The van der Waals surface area contributed by atoms with E-state index >= 15 is 0 Å². The van der Waals surface area contributed by atoms with Crippen LogP contribution in [-0.4, -0.2) is 34.1 Å². The summed E-state index contributed by atoms with van der Waals surface area (Å²) in [4.78, 5) is 22.0. The van der Waals surface area contributed by atoms with Crippen molar-refractivity contribution in [1.82, 2.24) is 9.97 Å². The first-order chi connectivity index (χ1) is 12.1. The van der Waals surface area contributed by atoms with Crippen molar-refractivity contribution in [2.45, 2.75) is 38.5 Å². The summed E-state index contributed by atoms with van der Waals surface area (Å²) in [6, 6.07) is 5.69. The van der Waals surface area contributed by atoms with Gasteiger partial charge in [-0.1, -0.05) is 17.7 Å². The molecule has 132 valence electrons. The number of carbonyl (C=O) groups is 1. The second kappa shape index (κ2) is 8.30. The molecule has 0 spiro atoms. The molecule has 2 aromatic rings. The van der Waals surface area contributed by atoms with Crippen molar-refractivity contribution in [2.24, 2.45) is 0 Å². The van der Waals surface area contributed by atoms with Crippen molar-refractivity contribution in [3.05, 3.63) is 41.2 Å². The Morgan fingerprint density at radius 1 is 1.16 bits per heavy atom. The first kappa shape index (κ1) is 17.7. The summed E-state index contributed by atoms with van der Waals surface area (Å²) in [7, 11) is 0. The molecule has 1 aromatic heterocycles. The first-order valence-corrected chi connectivity index (χ1v) is 9.09. The Kier molecular flexibility index (Phi) is 5.87. The fourth-order valence-corrected chi connectivity index (χ4v) is 3.36. The molecule has 2 heterocycles. The summed E-state index contributed by atoms with van der Waals surface area (Å²) in [5, 5.41) is 9.48. The average Bonchev–Trinajstić information content (AvgIpc) is 2.63. The van der Waals surface area contributed by atoms with Gasteiger partial charge in [-0.25, -0.2) is 9.97 Å². The van der Waals surface area contributed by atoms with Crippen molar-refractivity contribution in [2.75, 3.05) is 18.0 Å². The molecule has 0 unspecified atom stereocenters. The van der Waals surface area contributed by atoms with Crippen LogP contribution in [0.25, 0.3) is 11.1 Å². The van der Waals surface area contributed by atoms with Crippen molar-refractivity contribution in [3.8, 4) is 11.1 Å². The molecule has 3 rings (SSSR count). The molecule has 25 heavy (non-hydrogen) atoms. The lowest BCUT2D eigenvalue weighted by atomic mass is 9.98. The summed E-state index contributed by atoms with van der Waals surface area (Å²) in [6.45, 7) is 2.02. The van der Waals surface area contributed by atoms with Gasteiger partial charge in [-0.3, -0.25) is 4.79 Å². The Hall–Kier alpha value is -2.14. The Morgan fingerprint density at radius 2 is 1.88 bits per heavy atom. The van der Waals surface area contributed by atoms with E-state index in [0.717, 1.165) is 35.7 Å². The number of aryl methyl sites for hydroxylation is 1. The van der Waals surface area contributed by atoms with E-state index in [4.69, 9.17) is 16.7 Å². The lowest BCUT2D eigenvalue weighted by Gasteiger charge is -2.26. The highest BCUT2D eigenvalue weighted by atomic mass is 35.5. The van der Waals surface area contributed by atoms with Crippen LogP contribution in [0.1, 0.15) is 37.7 Å². The number of piperidine rings is 1. The molecule has 0 aliphatic carbocycles. The molecule has 0 amide bonds. The molecule has 5 nitrogen and oxygen atoms in total. The Labute approximate surface area is 152 Å². The Bertz CT molecular complexity index is 728. The van der Waals surface area contributed by atoms with Gasteiger partial charge in [-0.2, -0.15) is 0 Å². The van der Waals surface area contributed by atoms with Crippen LogP contribution in [0.5, 0.6) is 0 Å². The van der Waals surface area contributed by atoms with Crippen LogP contribution >= 0.6 is 11.6 Å². The number of rotatable bonds is 6. The van der Waals surface area contributed by atoms with Gasteiger partial charge in [0.1, 0.15) is 0 Å². The van der Waals surface area contributed by atoms with Gasteiger partial charge < -0.3 is 10.0 Å². The first-order valence-electron chi connectivity index (χ1n) is 8.71. The standard InChI is InChI=1S/C19H22ClN3O2/c20-16-8-7-14(5-4-6-18(24)25)17(11-16)15-12-21-19(22-13-15)23-9-2-1-3-10-23/h7-8,11-13H,1-6,9-10H2,(H,24,25). The number of hydrogen-bond donors (Lipinski definition) is 1. The third-order valence-corrected chi connectivity index (χ3v) is 4.73. The average molecular weight is 360 g/mol. The number of halogens is 1. The molecule has 6 heteroatoms. The fourth-order valence-electron chi connectivity index (χ4n) is 3.18. The minimum atomic E-state index is -0.773. The largest absolute Gasteiger partial charge is 0.481 e. The van der Waals surface area contributed by atoms with Gasteiger partial charge in [0.05, 0.1) is 0 Å². The van der Waals surface area contributed by atoms with E-state index < -0.39 is 5.97 Å². The molecule has 1 aliphatic heterocycles. The monoisotopic (exact) mass is 359 g/mol. The van der Waals surface area contributed by atoms with Gasteiger partial charge in [-0.05, 0) is 55.4 Å². The van der Waals surface area contributed by atoms with Gasteiger partial charge in [-0.15, -0.1) is 0 Å². The van der Waals surface area contributed by atoms with E-state index in [1.165, 1.54) is 19.3 Å². The molecule has 0 radical (unpaired) electrons. The lowest BCUT2D eigenvalue weighted by Crippen LogP contribution is -2.30. The van der Waals surface area contributed by atoms with Crippen LogP contribution in [-0.2, 0) is 11.2 Å². The molecule has 1 aromatic carbocycles. The minimum absolute atomic E-state index is 0.159. The number of aromatic nitrogens is 2. The number of hydrogen-bond acceptors (Lipinski definition) is 4. The van der Waals surface area contributed by atoms with Crippen LogP contribution in [0.2, 0.25) is 5.02 Å². The predicted molar refractivity (Wildman–Crippen MR) is 99.1 cm³/mol. The van der Waals surface area contributed by atoms with E-state index in [1.54, 1.807) is 0 Å². The number of carboxylic acid groups (broad SMARTS) is 1. The zero-order chi connectivity index (χ0) is 17.6. The van der Waals surface area contributed by atoms with Crippen molar-refractivity contribution >= 4 is 23.5 Å². The summed E-state index contributed by atoms with van der Waals surface area (Å²) >= 11 is 6.16. The Balaban J connectivity index is 1.79. The smallest absolute Gasteiger partial charge is 0.303 e. The summed E-state index contributed by atoms with van der Waals surface area (Å²) in [5.41, 5.74) is 2.96. The van der Waals surface area contributed by atoms with Crippen molar-refractivity contribution in [3.63, 3.8) is 0 Å². The van der Waals surface area contributed by atoms with Gasteiger partial charge >= 0.3 is 5.97 Å². The van der Waals surface area contributed by atoms with Gasteiger partial charge in [0.25, 0.3) is 0 Å². The van der Waals surface area contributed by atoms with Crippen LogP contribution in [0.15, 0.2) is 30.6 Å². The van der Waals surface area contributed by atoms with E-state index in [-0.39, 0.29) is 6.42 Å². The van der Waals surface area contributed by atoms with Crippen molar-refractivity contribution in [1.29, 1.82) is 0 Å². The van der Waals surface area contributed by atoms with Crippen LogP contribution < -0.4 is 4.90 Å². The van der Waals surface area contributed by atoms with Crippen LogP contribution in [0.4, 0.5) is 5.95 Å².